The number of unbranched alkanes of at least 4 members (excludes halogenated alkanes) is 1. The van der Waals surface area contributed by atoms with Gasteiger partial charge in [-0.2, -0.15) is 0 Å². The number of aliphatic hydroxyl groups is 1. The summed E-state index contributed by atoms with van der Waals surface area (Å²) in [7, 11) is 0. The summed E-state index contributed by atoms with van der Waals surface area (Å²) in [6.07, 6.45) is 4.12. The summed E-state index contributed by atoms with van der Waals surface area (Å²) in [4.78, 5) is 0. The van der Waals surface area contributed by atoms with Gasteiger partial charge in [0, 0.05) is 5.71 Å². The number of hydrogen-bond acceptors (Lipinski definition) is 2. The van der Waals surface area contributed by atoms with Gasteiger partial charge in [-0.25, -0.2) is 0 Å². The minimum atomic E-state index is 0.0265. The van der Waals surface area contributed by atoms with Gasteiger partial charge in [0.05, 0.1) is 6.61 Å². The summed E-state index contributed by atoms with van der Waals surface area (Å²) in [5.41, 5.74) is 4.50. The number of allylic oxidation sites excluding steroid dienone is 2. The summed E-state index contributed by atoms with van der Waals surface area (Å²) < 4.78 is 0. The largest absolute Gasteiger partial charge is 0.392 e. The van der Waals surface area contributed by atoms with Crippen molar-refractivity contribution in [2.24, 2.45) is 0 Å². The van der Waals surface area contributed by atoms with Crippen molar-refractivity contribution in [3.63, 3.8) is 0 Å². The highest BCUT2D eigenvalue weighted by molar-refractivity contribution is 6.21. The molecule has 2 N–H and O–H groups in total. The fourth-order valence-corrected chi connectivity index (χ4v) is 1.92. The zero-order valence-electron chi connectivity index (χ0n) is 10.9. The van der Waals surface area contributed by atoms with Crippen LogP contribution in [-0.2, 0) is 6.61 Å². The zero-order valence-corrected chi connectivity index (χ0v) is 10.9. The van der Waals surface area contributed by atoms with Gasteiger partial charge in [-0.15, -0.1) is 0 Å². The summed E-state index contributed by atoms with van der Waals surface area (Å²) in [6, 6.07) is 5.95. The summed E-state index contributed by atoms with van der Waals surface area (Å²) in [5, 5.41) is 17.3. The first-order chi connectivity index (χ1) is 8.11. The number of hydrogen-bond donors (Lipinski definition) is 2. The summed E-state index contributed by atoms with van der Waals surface area (Å²) in [6.45, 7) is 5.94. The first kappa shape index (κ1) is 13.7. The third-order valence-corrected chi connectivity index (χ3v) is 2.90. The molecule has 1 aromatic rings. The fourth-order valence-electron chi connectivity index (χ4n) is 1.92. The molecule has 0 aliphatic carbocycles. The molecule has 0 saturated heterocycles. The van der Waals surface area contributed by atoms with Gasteiger partial charge >= 0.3 is 0 Å². The molecule has 0 radical (unpaired) electrons. The second kappa shape index (κ2) is 6.36. The van der Waals surface area contributed by atoms with Crippen LogP contribution in [0.15, 0.2) is 24.3 Å². The summed E-state index contributed by atoms with van der Waals surface area (Å²) in [5.74, 6) is 0. The minimum Gasteiger partial charge on any atom is -0.392 e. The number of aryl methyl sites for hydroxylation is 1. The lowest BCUT2D eigenvalue weighted by atomic mass is 9.93. The van der Waals surface area contributed by atoms with Gasteiger partial charge in [-0.05, 0) is 42.5 Å². The standard InChI is InChI=1S/C15H21NO/c1-4-5-8-13(12(3)16)14-9-6-7-11(2)15(14)10-17/h6-9,16-17H,4-5,10H2,1-3H3/b13-8+,16-12?. The minimum absolute atomic E-state index is 0.0265. The Kier molecular flexibility index (Phi) is 5.11. The maximum absolute atomic E-state index is 9.46. The lowest BCUT2D eigenvalue weighted by Crippen LogP contribution is -2.02. The predicted molar refractivity (Wildman–Crippen MR) is 73.4 cm³/mol. The molecule has 2 nitrogen and oxygen atoms in total. The molecular formula is C15H21NO. The smallest absolute Gasteiger partial charge is 0.0690 e. The van der Waals surface area contributed by atoms with Crippen LogP contribution in [0.5, 0.6) is 0 Å². The molecule has 1 aromatic carbocycles. The maximum atomic E-state index is 9.46. The summed E-state index contributed by atoms with van der Waals surface area (Å²) >= 11 is 0. The van der Waals surface area contributed by atoms with Crippen molar-refractivity contribution in [3.8, 4) is 0 Å². The number of aliphatic hydroxyl groups excluding tert-OH is 1. The Morgan fingerprint density at radius 3 is 2.65 bits per heavy atom. The van der Waals surface area contributed by atoms with Crippen LogP contribution in [0, 0.1) is 12.3 Å². The van der Waals surface area contributed by atoms with E-state index in [1.54, 1.807) is 6.92 Å². The van der Waals surface area contributed by atoms with E-state index in [1.807, 2.05) is 25.1 Å². The van der Waals surface area contributed by atoms with Gasteiger partial charge < -0.3 is 10.5 Å². The topological polar surface area (TPSA) is 44.1 Å². The van der Waals surface area contributed by atoms with Gasteiger partial charge in [0.1, 0.15) is 0 Å². The second-order valence-corrected chi connectivity index (χ2v) is 4.29. The van der Waals surface area contributed by atoms with Crippen molar-refractivity contribution in [3.05, 3.63) is 41.0 Å². The van der Waals surface area contributed by atoms with Crippen molar-refractivity contribution >= 4 is 11.3 Å². The Morgan fingerprint density at radius 2 is 2.12 bits per heavy atom. The highest BCUT2D eigenvalue weighted by Crippen LogP contribution is 2.24. The Bertz CT molecular complexity index is 433. The molecule has 0 bridgehead atoms. The van der Waals surface area contributed by atoms with Gasteiger partial charge in [-0.3, -0.25) is 0 Å². The molecular weight excluding hydrogens is 210 g/mol. The van der Waals surface area contributed by atoms with E-state index >= 15 is 0 Å². The highest BCUT2D eigenvalue weighted by Gasteiger charge is 2.10. The Balaban J connectivity index is 3.28. The molecule has 0 aliphatic rings. The molecule has 17 heavy (non-hydrogen) atoms. The van der Waals surface area contributed by atoms with Crippen LogP contribution < -0.4 is 0 Å². The van der Waals surface area contributed by atoms with Crippen molar-refractivity contribution in [1.82, 2.24) is 0 Å². The molecule has 92 valence electrons. The second-order valence-electron chi connectivity index (χ2n) is 4.29. The number of benzene rings is 1. The van der Waals surface area contributed by atoms with Crippen LogP contribution in [0.4, 0.5) is 0 Å². The van der Waals surface area contributed by atoms with E-state index < -0.39 is 0 Å². The first-order valence-corrected chi connectivity index (χ1v) is 6.07. The quantitative estimate of drug-likeness (QED) is 0.745. The first-order valence-electron chi connectivity index (χ1n) is 6.07. The van der Waals surface area contributed by atoms with Crippen LogP contribution >= 0.6 is 0 Å². The zero-order chi connectivity index (χ0) is 12.8. The molecule has 0 heterocycles. The predicted octanol–water partition coefficient (Wildman–Crippen LogP) is 3.71. The normalized spacial score (nSPS) is 11.6. The average Bonchev–Trinajstić information content (AvgIpc) is 2.29. The highest BCUT2D eigenvalue weighted by atomic mass is 16.3. The molecule has 0 spiro atoms. The van der Waals surface area contributed by atoms with E-state index in [2.05, 4.69) is 13.0 Å². The van der Waals surface area contributed by atoms with Crippen molar-refractivity contribution < 1.29 is 5.11 Å². The van der Waals surface area contributed by atoms with E-state index in [0.717, 1.165) is 35.1 Å². The molecule has 0 aromatic heterocycles. The van der Waals surface area contributed by atoms with Crippen LogP contribution in [0.2, 0.25) is 0 Å². The van der Waals surface area contributed by atoms with Crippen LogP contribution in [0.1, 0.15) is 43.4 Å². The van der Waals surface area contributed by atoms with Crippen molar-refractivity contribution in [1.29, 1.82) is 5.41 Å². The molecule has 0 amide bonds. The van der Waals surface area contributed by atoms with Crippen LogP contribution in [-0.4, -0.2) is 10.8 Å². The van der Waals surface area contributed by atoms with Gasteiger partial charge in [0.25, 0.3) is 0 Å². The third kappa shape index (κ3) is 3.27. The van der Waals surface area contributed by atoms with E-state index in [0.29, 0.717) is 5.71 Å². The molecule has 1 rings (SSSR count). The van der Waals surface area contributed by atoms with E-state index in [9.17, 15) is 5.11 Å². The molecule has 0 saturated carbocycles. The van der Waals surface area contributed by atoms with E-state index in [-0.39, 0.29) is 6.61 Å². The number of rotatable bonds is 5. The molecule has 0 atom stereocenters. The van der Waals surface area contributed by atoms with Gasteiger partial charge in [0.15, 0.2) is 0 Å². The van der Waals surface area contributed by atoms with Crippen LogP contribution in [0.25, 0.3) is 5.57 Å². The third-order valence-electron chi connectivity index (χ3n) is 2.90. The number of nitrogens with one attached hydrogen (secondary N) is 1. The Hall–Kier alpha value is -1.41. The lowest BCUT2D eigenvalue weighted by Gasteiger charge is -2.13. The monoisotopic (exact) mass is 231 g/mol. The molecule has 0 unspecified atom stereocenters. The lowest BCUT2D eigenvalue weighted by molar-refractivity contribution is 0.281. The van der Waals surface area contributed by atoms with Gasteiger partial charge in [0.2, 0.25) is 0 Å². The van der Waals surface area contributed by atoms with Crippen molar-refractivity contribution in [2.45, 2.75) is 40.2 Å². The maximum Gasteiger partial charge on any atom is 0.0690 e. The average molecular weight is 231 g/mol. The SMILES string of the molecule is CCC/C=C(\C(C)=N)c1cccc(C)c1CO. The fraction of sp³-hybridized carbons (Fsp3) is 0.400. The molecule has 2 heteroatoms. The van der Waals surface area contributed by atoms with E-state index in [1.165, 1.54) is 0 Å². The van der Waals surface area contributed by atoms with E-state index in [4.69, 9.17) is 5.41 Å². The Morgan fingerprint density at radius 1 is 1.41 bits per heavy atom. The van der Waals surface area contributed by atoms with Crippen molar-refractivity contribution in [2.75, 3.05) is 0 Å². The molecule has 0 fully saturated rings. The Labute approximate surface area is 104 Å². The van der Waals surface area contributed by atoms with Gasteiger partial charge in [-0.1, -0.05) is 37.6 Å². The molecule has 0 aliphatic heterocycles. The van der Waals surface area contributed by atoms with Crippen LogP contribution in [0.3, 0.4) is 0 Å².